The second-order valence-electron chi connectivity index (χ2n) is 6.29. The van der Waals surface area contributed by atoms with Gasteiger partial charge in [0.2, 0.25) is 0 Å². The Morgan fingerprint density at radius 3 is 2.59 bits per heavy atom. The van der Waals surface area contributed by atoms with Gasteiger partial charge in [0.1, 0.15) is 0 Å². The van der Waals surface area contributed by atoms with Crippen molar-refractivity contribution in [1.29, 1.82) is 0 Å². The molecule has 2 heteroatoms. The average Bonchev–Trinajstić information content (AvgIpc) is 2.69. The third-order valence-electron chi connectivity index (χ3n) is 5.01. The molecule has 0 aromatic carbocycles. The van der Waals surface area contributed by atoms with E-state index in [1.54, 1.807) is 0 Å². The van der Waals surface area contributed by atoms with Crippen LogP contribution in [0.25, 0.3) is 0 Å². The summed E-state index contributed by atoms with van der Waals surface area (Å²) in [4.78, 5) is 2.75. The number of hydrogen-bond donors (Lipinski definition) is 1. The van der Waals surface area contributed by atoms with Crippen LogP contribution in [0, 0.1) is 11.8 Å². The van der Waals surface area contributed by atoms with Crippen LogP contribution in [0.1, 0.15) is 52.9 Å². The van der Waals surface area contributed by atoms with Gasteiger partial charge in [-0.1, -0.05) is 26.7 Å². The van der Waals surface area contributed by atoms with E-state index in [9.17, 15) is 0 Å². The van der Waals surface area contributed by atoms with E-state index in [2.05, 4.69) is 31.0 Å². The lowest BCUT2D eigenvalue weighted by molar-refractivity contribution is 0.108. The lowest BCUT2D eigenvalue weighted by atomic mass is 9.93. The van der Waals surface area contributed by atoms with Crippen molar-refractivity contribution in [3.63, 3.8) is 0 Å². The van der Waals surface area contributed by atoms with Crippen molar-refractivity contribution in [1.82, 2.24) is 10.2 Å². The molecule has 4 atom stereocenters. The van der Waals surface area contributed by atoms with E-state index in [1.165, 1.54) is 45.2 Å². The summed E-state index contributed by atoms with van der Waals surface area (Å²) in [7, 11) is 0. The summed E-state index contributed by atoms with van der Waals surface area (Å²) < 4.78 is 0. The monoisotopic (exact) mass is 238 g/mol. The van der Waals surface area contributed by atoms with E-state index in [0.29, 0.717) is 0 Å². The lowest BCUT2D eigenvalue weighted by Gasteiger charge is -2.39. The average molecular weight is 238 g/mol. The van der Waals surface area contributed by atoms with Crippen LogP contribution in [0.4, 0.5) is 0 Å². The third-order valence-corrected chi connectivity index (χ3v) is 5.01. The van der Waals surface area contributed by atoms with Gasteiger partial charge in [0.25, 0.3) is 0 Å². The normalized spacial score (nSPS) is 39.7. The molecule has 0 amide bonds. The zero-order valence-electron chi connectivity index (χ0n) is 11.9. The van der Waals surface area contributed by atoms with Crippen LogP contribution >= 0.6 is 0 Å². The maximum atomic E-state index is 3.61. The molecule has 1 aliphatic heterocycles. The number of rotatable bonds is 4. The molecular weight excluding hydrogens is 208 g/mol. The molecule has 4 unspecified atom stereocenters. The summed E-state index contributed by atoms with van der Waals surface area (Å²) in [6, 6.07) is 1.55. The number of likely N-dealkylation sites (tertiary alicyclic amines) is 1. The molecule has 1 saturated carbocycles. The van der Waals surface area contributed by atoms with Crippen molar-refractivity contribution in [3.05, 3.63) is 0 Å². The van der Waals surface area contributed by atoms with Gasteiger partial charge in [0.15, 0.2) is 0 Å². The van der Waals surface area contributed by atoms with Crippen LogP contribution in [0.3, 0.4) is 0 Å². The van der Waals surface area contributed by atoms with Crippen molar-refractivity contribution < 1.29 is 0 Å². The van der Waals surface area contributed by atoms with Crippen molar-refractivity contribution in [2.75, 3.05) is 19.6 Å². The van der Waals surface area contributed by atoms with E-state index in [1.807, 2.05) is 0 Å². The van der Waals surface area contributed by atoms with Crippen molar-refractivity contribution >= 4 is 0 Å². The number of nitrogens with zero attached hydrogens (tertiary/aromatic N) is 1. The van der Waals surface area contributed by atoms with Gasteiger partial charge in [-0.15, -0.1) is 0 Å². The second kappa shape index (κ2) is 6.19. The van der Waals surface area contributed by atoms with Crippen molar-refractivity contribution in [2.45, 2.75) is 65.0 Å². The molecule has 17 heavy (non-hydrogen) atoms. The highest BCUT2D eigenvalue weighted by Crippen LogP contribution is 2.33. The molecule has 0 aromatic heterocycles. The number of hydrogen-bond acceptors (Lipinski definition) is 2. The SMILES string of the molecule is CCNC1CCN(CC2CCCC2C)C(C)C1. The summed E-state index contributed by atoms with van der Waals surface area (Å²) in [5, 5.41) is 3.61. The highest BCUT2D eigenvalue weighted by Gasteiger charge is 2.30. The Morgan fingerprint density at radius 2 is 2.00 bits per heavy atom. The van der Waals surface area contributed by atoms with Crippen molar-refractivity contribution in [2.24, 2.45) is 11.8 Å². The highest BCUT2D eigenvalue weighted by molar-refractivity contribution is 4.86. The quantitative estimate of drug-likeness (QED) is 0.810. The first-order chi connectivity index (χ1) is 8.20. The second-order valence-corrected chi connectivity index (χ2v) is 6.29. The van der Waals surface area contributed by atoms with E-state index >= 15 is 0 Å². The van der Waals surface area contributed by atoms with Gasteiger partial charge in [-0.25, -0.2) is 0 Å². The van der Waals surface area contributed by atoms with Crippen LogP contribution in [-0.2, 0) is 0 Å². The predicted octanol–water partition coefficient (Wildman–Crippen LogP) is 2.89. The topological polar surface area (TPSA) is 15.3 Å². The summed E-state index contributed by atoms with van der Waals surface area (Å²) >= 11 is 0. The molecule has 0 aromatic rings. The fourth-order valence-corrected chi connectivity index (χ4v) is 3.76. The Balaban J connectivity index is 1.78. The fraction of sp³-hybridized carbons (Fsp3) is 1.00. The van der Waals surface area contributed by atoms with Gasteiger partial charge < -0.3 is 10.2 Å². The van der Waals surface area contributed by atoms with Gasteiger partial charge in [0, 0.05) is 18.6 Å². The van der Waals surface area contributed by atoms with Gasteiger partial charge in [0.05, 0.1) is 0 Å². The molecule has 1 heterocycles. The molecule has 2 rings (SSSR count). The van der Waals surface area contributed by atoms with Crippen LogP contribution in [0.5, 0.6) is 0 Å². The summed E-state index contributed by atoms with van der Waals surface area (Å²) in [6.07, 6.45) is 7.09. The van der Waals surface area contributed by atoms with E-state index in [4.69, 9.17) is 0 Å². The van der Waals surface area contributed by atoms with Crippen molar-refractivity contribution in [3.8, 4) is 0 Å². The van der Waals surface area contributed by atoms with E-state index in [0.717, 1.165) is 30.5 Å². The largest absolute Gasteiger partial charge is 0.314 e. The minimum absolute atomic E-state index is 0.771. The summed E-state index contributed by atoms with van der Waals surface area (Å²) in [5.74, 6) is 1.95. The first kappa shape index (κ1) is 13.4. The smallest absolute Gasteiger partial charge is 0.00939 e. The highest BCUT2D eigenvalue weighted by atomic mass is 15.2. The maximum Gasteiger partial charge on any atom is 0.00939 e. The summed E-state index contributed by atoms with van der Waals surface area (Å²) in [5.41, 5.74) is 0. The van der Waals surface area contributed by atoms with Crippen LogP contribution in [0.15, 0.2) is 0 Å². The molecule has 0 spiro atoms. The molecule has 0 radical (unpaired) electrons. The van der Waals surface area contributed by atoms with Crippen LogP contribution in [0.2, 0.25) is 0 Å². The minimum Gasteiger partial charge on any atom is -0.314 e. The molecule has 100 valence electrons. The molecule has 2 fully saturated rings. The Morgan fingerprint density at radius 1 is 1.18 bits per heavy atom. The number of piperidine rings is 1. The van der Waals surface area contributed by atoms with Gasteiger partial charge >= 0.3 is 0 Å². The van der Waals surface area contributed by atoms with Gasteiger partial charge in [-0.2, -0.15) is 0 Å². The Kier molecular flexibility index (Phi) is 4.87. The molecule has 0 bridgehead atoms. The van der Waals surface area contributed by atoms with Crippen LogP contribution < -0.4 is 5.32 Å². The molecule has 2 nitrogen and oxygen atoms in total. The lowest BCUT2D eigenvalue weighted by Crippen LogP contribution is -2.48. The predicted molar refractivity (Wildman–Crippen MR) is 74.2 cm³/mol. The standard InChI is InChI=1S/C15H30N2/c1-4-16-15-8-9-17(13(3)10-15)11-14-7-5-6-12(14)2/h12-16H,4-11H2,1-3H3. The Bertz CT molecular complexity index is 229. The van der Waals surface area contributed by atoms with E-state index in [-0.39, 0.29) is 0 Å². The third kappa shape index (κ3) is 3.45. The molecule has 2 aliphatic rings. The van der Waals surface area contributed by atoms with E-state index < -0.39 is 0 Å². The molecule has 1 aliphatic carbocycles. The molecular formula is C15H30N2. The van der Waals surface area contributed by atoms with Gasteiger partial charge in [-0.3, -0.25) is 0 Å². The zero-order valence-corrected chi connectivity index (χ0v) is 11.9. The molecule has 1 saturated heterocycles. The molecule has 1 N–H and O–H groups in total. The van der Waals surface area contributed by atoms with Gasteiger partial charge in [-0.05, 0) is 51.1 Å². The number of nitrogens with one attached hydrogen (secondary N) is 1. The Labute approximate surface area is 107 Å². The maximum absolute atomic E-state index is 3.61. The first-order valence-electron chi connectivity index (χ1n) is 7.68. The minimum atomic E-state index is 0.771. The zero-order chi connectivity index (χ0) is 12.3. The Hall–Kier alpha value is -0.0800. The summed E-state index contributed by atoms with van der Waals surface area (Å²) in [6.45, 7) is 10.9. The fourth-order valence-electron chi connectivity index (χ4n) is 3.76. The first-order valence-corrected chi connectivity index (χ1v) is 7.68. The van der Waals surface area contributed by atoms with Crippen LogP contribution in [-0.4, -0.2) is 36.6 Å².